The fourth-order valence-electron chi connectivity index (χ4n) is 0.825. The molecular formula is C6H9BrO. The van der Waals surface area contributed by atoms with Crippen molar-refractivity contribution in [3.05, 3.63) is 10.6 Å². The molecule has 1 aliphatic rings. The van der Waals surface area contributed by atoms with Crippen LogP contribution in [0.3, 0.4) is 0 Å². The Morgan fingerprint density at radius 1 is 1.75 bits per heavy atom. The van der Waals surface area contributed by atoms with Gasteiger partial charge in [-0.1, -0.05) is 22.0 Å². The lowest BCUT2D eigenvalue weighted by atomic mass is 10.1. The molecule has 46 valence electrons. The van der Waals surface area contributed by atoms with Gasteiger partial charge in [-0.25, -0.2) is 0 Å². The average Bonchev–Trinajstić information content (AvgIpc) is 1.77. The first kappa shape index (κ1) is 6.30. The standard InChI is InChI=1S/C6H9BrO/c7-5-3-1-2-4-6(5)8/h3,6,8H,1-2,4H2. The van der Waals surface area contributed by atoms with Crippen LogP contribution in [0.2, 0.25) is 0 Å². The molecule has 0 aliphatic heterocycles. The van der Waals surface area contributed by atoms with Crippen molar-refractivity contribution in [2.45, 2.75) is 25.4 Å². The van der Waals surface area contributed by atoms with E-state index in [0.29, 0.717) is 0 Å². The largest absolute Gasteiger partial charge is 0.388 e. The first-order valence-electron chi connectivity index (χ1n) is 2.84. The molecule has 1 atom stereocenters. The number of rotatable bonds is 0. The smallest absolute Gasteiger partial charge is 0.0851 e. The predicted octanol–water partition coefficient (Wildman–Crippen LogP) is 1.81. The van der Waals surface area contributed by atoms with Gasteiger partial charge in [0.25, 0.3) is 0 Å². The Morgan fingerprint density at radius 2 is 2.50 bits per heavy atom. The number of aliphatic hydroxyl groups is 1. The Kier molecular flexibility index (Phi) is 2.08. The van der Waals surface area contributed by atoms with Crippen LogP contribution in [0.5, 0.6) is 0 Å². The molecular weight excluding hydrogens is 168 g/mol. The molecule has 0 spiro atoms. The topological polar surface area (TPSA) is 20.2 Å². The number of hydrogen-bond acceptors (Lipinski definition) is 1. The Labute approximate surface area is 57.5 Å². The van der Waals surface area contributed by atoms with Crippen LogP contribution in [-0.2, 0) is 0 Å². The lowest BCUT2D eigenvalue weighted by Gasteiger charge is -2.13. The third-order valence-corrected chi connectivity index (χ3v) is 2.19. The van der Waals surface area contributed by atoms with Crippen LogP contribution >= 0.6 is 15.9 Å². The van der Waals surface area contributed by atoms with Crippen LogP contribution in [0.15, 0.2) is 10.6 Å². The zero-order valence-electron chi connectivity index (χ0n) is 4.60. The summed E-state index contributed by atoms with van der Waals surface area (Å²) < 4.78 is 0.962. The van der Waals surface area contributed by atoms with E-state index in [1.807, 2.05) is 6.08 Å². The summed E-state index contributed by atoms with van der Waals surface area (Å²) >= 11 is 3.26. The van der Waals surface area contributed by atoms with E-state index >= 15 is 0 Å². The summed E-state index contributed by atoms with van der Waals surface area (Å²) in [4.78, 5) is 0. The number of halogens is 1. The summed E-state index contributed by atoms with van der Waals surface area (Å²) in [6.07, 6.45) is 4.96. The van der Waals surface area contributed by atoms with Gasteiger partial charge in [0, 0.05) is 4.48 Å². The van der Waals surface area contributed by atoms with Gasteiger partial charge >= 0.3 is 0 Å². The minimum atomic E-state index is -0.219. The zero-order valence-corrected chi connectivity index (χ0v) is 6.19. The van der Waals surface area contributed by atoms with Gasteiger partial charge in [0.2, 0.25) is 0 Å². The van der Waals surface area contributed by atoms with E-state index in [9.17, 15) is 0 Å². The minimum Gasteiger partial charge on any atom is -0.388 e. The van der Waals surface area contributed by atoms with E-state index in [1.54, 1.807) is 0 Å². The third kappa shape index (κ3) is 1.33. The third-order valence-electron chi connectivity index (χ3n) is 1.34. The second-order valence-electron chi connectivity index (χ2n) is 2.04. The van der Waals surface area contributed by atoms with Crippen LogP contribution in [0, 0.1) is 0 Å². The maximum absolute atomic E-state index is 9.06. The van der Waals surface area contributed by atoms with Crippen molar-refractivity contribution in [1.29, 1.82) is 0 Å². The molecule has 1 N–H and O–H groups in total. The molecule has 0 amide bonds. The molecule has 0 heterocycles. The van der Waals surface area contributed by atoms with Crippen molar-refractivity contribution in [3.63, 3.8) is 0 Å². The Morgan fingerprint density at radius 3 is 2.88 bits per heavy atom. The van der Waals surface area contributed by atoms with Gasteiger partial charge < -0.3 is 5.11 Å². The van der Waals surface area contributed by atoms with Crippen molar-refractivity contribution in [3.8, 4) is 0 Å². The molecule has 0 aromatic carbocycles. The molecule has 8 heavy (non-hydrogen) atoms. The Hall–Kier alpha value is 0.180. The van der Waals surface area contributed by atoms with Gasteiger partial charge in [-0.2, -0.15) is 0 Å². The van der Waals surface area contributed by atoms with E-state index in [1.165, 1.54) is 0 Å². The van der Waals surface area contributed by atoms with Gasteiger partial charge in [-0.3, -0.25) is 0 Å². The van der Waals surface area contributed by atoms with E-state index in [4.69, 9.17) is 5.11 Å². The zero-order chi connectivity index (χ0) is 5.98. The molecule has 0 saturated heterocycles. The predicted molar refractivity (Wildman–Crippen MR) is 36.9 cm³/mol. The average molecular weight is 177 g/mol. The SMILES string of the molecule is OC1CCCC=C1Br. The van der Waals surface area contributed by atoms with Crippen LogP contribution < -0.4 is 0 Å². The molecule has 0 fully saturated rings. The van der Waals surface area contributed by atoms with Crippen LogP contribution in [-0.4, -0.2) is 11.2 Å². The second kappa shape index (κ2) is 2.65. The van der Waals surface area contributed by atoms with Crippen molar-refractivity contribution in [1.82, 2.24) is 0 Å². The van der Waals surface area contributed by atoms with Gasteiger partial charge in [0.05, 0.1) is 6.10 Å². The number of allylic oxidation sites excluding steroid dienone is 1. The summed E-state index contributed by atoms with van der Waals surface area (Å²) in [5.41, 5.74) is 0. The summed E-state index contributed by atoms with van der Waals surface area (Å²) in [5, 5.41) is 9.06. The minimum absolute atomic E-state index is 0.219. The lowest BCUT2D eigenvalue weighted by Crippen LogP contribution is -2.08. The fraction of sp³-hybridized carbons (Fsp3) is 0.667. The highest BCUT2D eigenvalue weighted by Gasteiger charge is 2.10. The maximum atomic E-state index is 9.06. The first-order valence-corrected chi connectivity index (χ1v) is 3.63. The molecule has 0 aromatic heterocycles. The van der Waals surface area contributed by atoms with Gasteiger partial charge in [0.1, 0.15) is 0 Å². The van der Waals surface area contributed by atoms with Crippen molar-refractivity contribution in [2.75, 3.05) is 0 Å². The molecule has 1 unspecified atom stereocenters. The van der Waals surface area contributed by atoms with Crippen LogP contribution in [0.4, 0.5) is 0 Å². The summed E-state index contributed by atoms with van der Waals surface area (Å²) in [5.74, 6) is 0. The Balaban J connectivity index is 2.53. The van der Waals surface area contributed by atoms with Crippen molar-refractivity contribution >= 4 is 15.9 Å². The highest BCUT2D eigenvalue weighted by Crippen LogP contribution is 2.22. The number of aliphatic hydroxyl groups excluding tert-OH is 1. The van der Waals surface area contributed by atoms with Gasteiger partial charge in [-0.15, -0.1) is 0 Å². The quantitative estimate of drug-likeness (QED) is 0.598. The normalized spacial score (nSPS) is 29.8. The van der Waals surface area contributed by atoms with Gasteiger partial charge in [0.15, 0.2) is 0 Å². The molecule has 2 heteroatoms. The summed E-state index contributed by atoms with van der Waals surface area (Å²) in [6.45, 7) is 0. The molecule has 1 rings (SSSR count). The highest BCUT2D eigenvalue weighted by molar-refractivity contribution is 9.11. The van der Waals surface area contributed by atoms with E-state index in [-0.39, 0.29) is 6.10 Å². The van der Waals surface area contributed by atoms with Crippen LogP contribution in [0.1, 0.15) is 19.3 Å². The van der Waals surface area contributed by atoms with Gasteiger partial charge in [-0.05, 0) is 19.3 Å². The summed E-state index contributed by atoms with van der Waals surface area (Å²) in [6, 6.07) is 0. The van der Waals surface area contributed by atoms with E-state index in [2.05, 4.69) is 15.9 Å². The first-order chi connectivity index (χ1) is 3.80. The van der Waals surface area contributed by atoms with E-state index < -0.39 is 0 Å². The fourth-order valence-corrected chi connectivity index (χ4v) is 1.28. The summed E-state index contributed by atoms with van der Waals surface area (Å²) in [7, 11) is 0. The number of hydrogen-bond donors (Lipinski definition) is 1. The highest BCUT2D eigenvalue weighted by atomic mass is 79.9. The second-order valence-corrected chi connectivity index (χ2v) is 2.95. The Bertz CT molecular complexity index is 109. The molecule has 1 nitrogen and oxygen atoms in total. The molecule has 0 radical (unpaired) electrons. The van der Waals surface area contributed by atoms with Crippen molar-refractivity contribution in [2.24, 2.45) is 0 Å². The monoisotopic (exact) mass is 176 g/mol. The molecule has 0 aromatic rings. The molecule has 0 saturated carbocycles. The van der Waals surface area contributed by atoms with E-state index in [0.717, 1.165) is 23.7 Å². The lowest BCUT2D eigenvalue weighted by molar-refractivity contribution is 0.201. The van der Waals surface area contributed by atoms with Crippen molar-refractivity contribution < 1.29 is 5.11 Å². The maximum Gasteiger partial charge on any atom is 0.0851 e. The molecule has 1 aliphatic carbocycles. The molecule has 0 bridgehead atoms. The van der Waals surface area contributed by atoms with Crippen LogP contribution in [0.25, 0.3) is 0 Å².